The fraction of sp³-hybridized carbons (Fsp3) is 0.455. The third-order valence-electron chi connectivity index (χ3n) is 2.53. The molecule has 1 atom stereocenters. The van der Waals surface area contributed by atoms with Gasteiger partial charge in [-0.3, -0.25) is 5.32 Å². The largest absolute Gasteiger partial charge is 0.362 e. The Morgan fingerprint density at radius 3 is 3.08 bits per heavy atom. The van der Waals surface area contributed by atoms with Gasteiger partial charge in [0.1, 0.15) is 6.23 Å². The van der Waals surface area contributed by atoms with Gasteiger partial charge in [0, 0.05) is 7.11 Å². The van der Waals surface area contributed by atoms with Crippen LogP contribution in [0.5, 0.6) is 0 Å². The highest BCUT2D eigenvalue weighted by Crippen LogP contribution is 2.22. The van der Waals surface area contributed by atoms with Gasteiger partial charge in [0.05, 0.1) is 0 Å². The van der Waals surface area contributed by atoms with Gasteiger partial charge in [-0.05, 0) is 30.5 Å². The van der Waals surface area contributed by atoms with Gasteiger partial charge in [-0.1, -0.05) is 24.3 Å². The first-order valence-electron chi connectivity index (χ1n) is 4.76. The van der Waals surface area contributed by atoms with E-state index in [0.717, 1.165) is 13.0 Å². The minimum absolute atomic E-state index is 0.0821. The molecule has 1 aliphatic rings. The maximum Gasteiger partial charge on any atom is 0.134 e. The number of hydrogen-bond donors (Lipinski definition) is 1. The summed E-state index contributed by atoms with van der Waals surface area (Å²) in [6, 6.07) is 8.49. The van der Waals surface area contributed by atoms with Crippen LogP contribution in [0.3, 0.4) is 0 Å². The Morgan fingerprint density at radius 2 is 2.23 bits per heavy atom. The second kappa shape index (κ2) is 3.90. The van der Waals surface area contributed by atoms with E-state index in [0.29, 0.717) is 0 Å². The van der Waals surface area contributed by atoms with Gasteiger partial charge in [0.15, 0.2) is 0 Å². The molecule has 1 aromatic rings. The minimum atomic E-state index is 0.0821. The van der Waals surface area contributed by atoms with E-state index in [1.54, 1.807) is 7.11 Å². The van der Waals surface area contributed by atoms with Gasteiger partial charge in [-0.2, -0.15) is 0 Å². The molecule has 0 saturated heterocycles. The Hall–Kier alpha value is -0.860. The molecular formula is C11H15NO. The number of nitrogens with one attached hydrogen (secondary N) is 1. The highest BCUT2D eigenvalue weighted by Gasteiger charge is 2.15. The summed E-state index contributed by atoms with van der Waals surface area (Å²) in [5.41, 5.74) is 2.71. The first-order chi connectivity index (χ1) is 6.42. The number of methoxy groups -OCH3 is 1. The van der Waals surface area contributed by atoms with Crippen LogP contribution in [0.4, 0.5) is 0 Å². The number of aryl methyl sites for hydroxylation is 1. The van der Waals surface area contributed by atoms with E-state index >= 15 is 0 Å². The van der Waals surface area contributed by atoms with Gasteiger partial charge in [-0.15, -0.1) is 0 Å². The van der Waals surface area contributed by atoms with E-state index < -0.39 is 0 Å². The van der Waals surface area contributed by atoms with Crippen molar-refractivity contribution < 1.29 is 4.74 Å². The summed E-state index contributed by atoms with van der Waals surface area (Å²) in [5, 5.41) is 3.37. The van der Waals surface area contributed by atoms with E-state index in [1.165, 1.54) is 17.5 Å². The van der Waals surface area contributed by atoms with Crippen molar-refractivity contribution in [1.29, 1.82) is 0 Å². The predicted octanol–water partition coefficient (Wildman–Crippen LogP) is 1.87. The number of fused-ring (bicyclic) bond motifs is 1. The second-order valence-corrected chi connectivity index (χ2v) is 3.37. The van der Waals surface area contributed by atoms with Crippen LogP contribution in [0, 0.1) is 0 Å². The molecule has 1 N–H and O–H groups in total. The van der Waals surface area contributed by atoms with E-state index in [-0.39, 0.29) is 6.23 Å². The van der Waals surface area contributed by atoms with Crippen molar-refractivity contribution in [1.82, 2.24) is 5.32 Å². The lowest BCUT2D eigenvalue weighted by atomic mass is 10.0. The van der Waals surface area contributed by atoms with Gasteiger partial charge in [0.25, 0.3) is 0 Å². The molecule has 1 heterocycles. The maximum absolute atomic E-state index is 5.39. The molecule has 1 aliphatic heterocycles. The average molecular weight is 177 g/mol. The topological polar surface area (TPSA) is 21.3 Å². The quantitative estimate of drug-likeness (QED) is 0.707. The monoisotopic (exact) mass is 177 g/mol. The lowest BCUT2D eigenvalue weighted by Gasteiger charge is -2.16. The van der Waals surface area contributed by atoms with Crippen LogP contribution in [-0.4, -0.2) is 13.7 Å². The van der Waals surface area contributed by atoms with Crippen molar-refractivity contribution in [3.8, 4) is 0 Å². The van der Waals surface area contributed by atoms with Crippen LogP contribution >= 0.6 is 0 Å². The Kier molecular flexibility index (Phi) is 2.62. The summed E-state index contributed by atoms with van der Waals surface area (Å²) < 4.78 is 5.39. The van der Waals surface area contributed by atoms with Crippen molar-refractivity contribution in [2.24, 2.45) is 0 Å². The molecule has 2 rings (SSSR count). The van der Waals surface area contributed by atoms with Crippen LogP contribution in [0.25, 0.3) is 0 Å². The highest BCUT2D eigenvalue weighted by molar-refractivity contribution is 5.29. The molecule has 0 radical (unpaired) electrons. The third kappa shape index (κ3) is 1.74. The normalized spacial score (nSPS) is 22.1. The summed E-state index contributed by atoms with van der Waals surface area (Å²) in [7, 11) is 1.75. The number of ether oxygens (including phenoxy) is 1. The third-order valence-corrected chi connectivity index (χ3v) is 2.53. The predicted molar refractivity (Wildman–Crippen MR) is 52.5 cm³/mol. The SMILES string of the molecule is COC1NCCCc2ccccc21. The van der Waals surface area contributed by atoms with Gasteiger partial charge >= 0.3 is 0 Å². The van der Waals surface area contributed by atoms with Gasteiger partial charge in [-0.25, -0.2) is 0 Å². The van der Waals surface area contributed by atoms with Crippen molar-refractivity contribution in [2.45, 2.75) is 19.1 Å². The molecule has 1 unspecified atom stereocenters. The second-order valence-electron chi connectivity index (χ2n) is 3.37. The lowest BCUT2D eigenvalue weighted by molar-refractivity contribution is 0.0757. The molecule has 1 aromatic carbocycles. The minimum Gasteiger partial charge on any atom is -0.362 e. The van der Waals surface area contributed by atoms with Crippen LogP contribution in [0.1, 0.15) is 23.8 Å². The van der Waals surface area contributed by atoms with Crippen molar-refractivity contribution in [2.75, 3.05) is 13.7 Å². The highest BCUT2D eigenvalue weighted by atomic mass is 16.5. The molecule has 13 heavy (non-hydrogen) atoms. The van der Waals surface area contributed by atoms with Crippen LogP contribution < -0.4 is 5.32 Å². The molecule has 0 aliphatic carbocycles. The first kappa shape index (κ1) is 8.73. The Balaban J connectivity index is 2.35. The maximum atomic E-state index is 5.39. The fourth-order valence-electron chi connectivity index (χ4n) is 1.85. The average Bonchev–Trinajstić information content (AvgIpc) is 2.39. The molecule has 70 valence electrons. The summed E-state index contributed by atoms with van der Waals surface area (Å²) in [4.78, 5) is 0. The molecule has 0 fully saturated rings. The summed E-state index contributed by atoms with van der Waals surface area (Å²) in [6.45, 7) is 1.03. The zero-order valence-corrected chi connectivity index (χ0v) is 7.92. The first-order valence-corrected chi connectivity index (χ1v) is 4.76. The van der Waals surface area contributed by atoms with Crippen molar-refractivity contribution in [3.63, 3.8) is 0 Å². The number of rotatable bonds is 1. The smallest absolute Gasteiger partial charge is 0.134 e. The number of benzene rings is 1. The van der Waals surface area contributed by atoms with Crippen molar-refractivity contribution in [3.05, 3.63) is 35.4 Å². The molecular weight excluding hydrogens is 162 g/mol. The Labute approximate surface area is 78.9 Å². The molecule has 0 spiro atoms. The summed E-state index contributed by atoms with van der Waals surface area (Å²) in [6.07, 6.45) is 2.43. The van der Waals surface area contributed by atoms with Crippen LogP contribution in [-0.2, 0) is 11.2 Å². The van der Waals surface area contributed by atoms with Gasteiger partial charge in [0.2, 0.25) is 0 Å². The molecule has 0 aromatic heterocycles. The molecule has 2 nitrogen and oxygen atoms in total. The Bertz CT molecular complexity index is 285. The zero-order valence-electron chi connectivity index (χ0n) is 7.92. The fourth-order valence-corrected chi connectivity index (χ4v) is 1.85. The number of hydrogen-bond acceptors (Lipinski definition) is 2. The van der Waals surface area contributed by atoms with Crippen LogP contribution in [0.2, 0.25) is 0 Å². The van der Waals surface area contributed by atoms with E-state index in [1.807, 2.05) is 0 Å². The molecule has 0 bridgehead atoms. The molecule has 0 saturated carbocycles. The zero-order chi connectivity index (χ0) is 9.10. The van der Waals surface area contributed by atoms with Crippen LogP contribution in [0.15, 0.2) is 24.3 Å². The van der Waals surface area contributed by atoms with E-state index in [2.05, 4.69) is 29.6 Å². The molecule has 0 amide bonds. The standard InChI is InChI=1S/C11H15NO/c1-13-11-10-7-3-2-5-9(10)6-4-8-12-11/h2-3,5,7,11-12H,4,6,8H2,1H3. The van der Waals surface area contributed by atoms with E-state index in [9.17, 15) is 0 Å². The van der Waals surface area contributed by atoms with E-state index in [4.69, 9.17) is 4.74 Å². The Morgan fingerprint density at radius 1 is 1.38 bits per heavy atom. The van der Waals surface area contributed by atoms with Gasteiger partial charge < -0.3 is 4.74 Å². The van der Waals surface area contributed by atoms with Crippen molar-refractivity contribution >= 4 is 0 Å². The molecule has 2 heteroatoms. The summed E-state index contributed by atoms with van der Waals surface area (Å²) in [5.74, 6) is 0. The summed E-state index contributed by atoms with van der Waals surface area (Å²) >= 11 is 0. The lowest BCUT2D eigenvalue weighted by Crippen LogP contribution is -2.22.